The summed E-state index contributed by atoms with van der Waals surface area (Å²) in [4.78, 5) is 0. The van der Waals surface area contributed by atoms with Gasteiger partial charge in [0.2, 0.25) is 0 Å². The van der Waals surface area contributed by atoms with Crippen LogP contribution >= 0.6 is 0 Å². The molecule has 2 aromatic carbocycles. The molecular weight excluding hydrogens is 234 g/mol. The minimum absolute atomic E-state index is 0.315. The fourth-order valence-electron chi connectivity index (χ4n) is 2.74. The van der Waals surface area contributed by atoms with Crippen molar-refractivity contribution in [3.8, 4) is 5.75 Å². The Bertz CT molecular complexity index is 576. The third-order valence-corrected chi connectivity index (χ3v) is 3.87. The molecule has 2 aromatic rings. The summed E-state index contributed by atoms with van der Waals surface area (Å²) in [7, 11) is 0. The highest BCUT2D eigenvalue weighted by molar-refractivity contribution is 5.42. The normalized spacial score (nSPS) is 21.6. The molecular formula is C17H19NO. The van der Waals surface area contributed by atoms with Gasteiger partial charge in [-0.3, -0.25) is 0 Å². The Morgan fingerprint density at radius 1 is 1.11 bits per heavy atom. The Morgan fingerprint density at radius 2 is 1.84 bits per heavy atom. The van der Waals surface area contributed by atoms with Gasteiger partial charge >= 0.3 is 0 Å². The monoisotopic (exact) mass is 253 g/mol. The molecule has 3 rings (SSSR count). The van der Waals surface area contributed by atoms with Crippen molar-refractivity contribution < 1.29 is 4.74 Å². The van der Waals surface area contributed by atoms with E-state index >= 15 is 0 Å². The van der Waals surface area contributed by atoms with Crippen LogP contribution in [0.25, 0.3) is 0 Å². The summed E-state index contributed by atoms with van der Waals surface area (Å²) in [5, 5.41) is 0. The van der Waals surface area contributed by atoms with Gasteiger partial charge in [-0.1, -0.05) is 48.0 Å². The molecule has 0 saturated carbocycles. The first-order valence-corrected chi connectivity index (χ1v) is 6.74. The fraction of sp³-hybridized carbons (Fsp3) is 0.294. The third-order valence-electron chi connectivity index (χ3n) is 3.87. The second-order valence-corrected chi connectivity index (χ2v) is 5.41. The highest BCUT2D eigenvalue weighted by atomic mass is 16.5. The van der Waals surface area contributed by atoms with E-state index < -0.39 is 0 Å². The topological polar surface area (TPSA) is 35.2 Å². The molecule has 0 aliphatic carbocycles. The second kappa shape index (κ2) is 4.71. The first kappa shape index (κ1) is 12.2. The Balaban J connectivity index is 1.93. The Kier molecular flexibility index (Phi) is 3.03. The van der Waals surface area contributed by atoms with E-state index in [2.05, 4.69) is 37.3 Å². The van der Waals surface area contributed by atoms with E-state index in [1.165, 1.54) is 11.1 Å². The van der Waals surface area contributed by atoms with E-state index in [4.69, 9.17) is 10.5 Å². The standard InChI is InChI=1S/C17H19NO/c1-13-6-8-14(9-7-13)12-17(18)10-11-19-16-5-3-2-4-15(16)17/h2-9H,10-12,18H2,1H3. The quantitative estimate of drug-likeness (QED) is 0.892. The van der Waals surface area contributed by atoms with Gasteiger partial charge in [0.1, 0.15) is 5.75 Å². The highest BCUT2D eigenvalue weighted by Gasteiger charge is 2.33. The summed E-state index contributed by atoms with van der Waals surface area (Å²) in [6.45, 7) is 2.80. The average molecular weight is 253 g/mol. The van der Waals surface area contributed by atoms with Crippen molar-refractivity contribution in [2.45, 2.75) is 25.3 Å². The first-order chi connectivity index (χ1) is 9.17. The largest absolute Gasteiger partial charge is 0.493 e. The van der Waals surface area contributed by atoms with Crippen LogP contribution in [0.15, 0.2) is 48.5 Å². The van der Waals surface area contributed by atoms with E-state index in [0.717, 1.165) is 24.2 Å². The van der Waals surface area contributed by atoms with Crippen molar-refractivity contribution >= 4 is 0 Å². The minimum atomic E-state index is -0.315. The van der Waals surface area contributed by atoms with Crippen molar-refractivity contribution in [3.63, 3.8) is 0 Å². The van der Waals surface area contributed by atoms with Crippen LogP contribution in [0.5, 0.6) is 5.75 Å². The molecule has 0 amide bonds. The summed E-state index contributed by atoms with van der Waals surface area (Å²) in [6, 6.07) is 16.7. The third kappa shape index (κ3) is 2.36. The van der Waals surface area contributed by atoms with Crippen molar-refractivity contribution in [3.05, 3.63) is 65.2 Å². The van der Waals surface area contributed by atoms with Crippen LogP contribution in [0, 0.1) is 6.92 Å². The van der Waals surface area contributed by atoms with Crippen LogP contribution in [0.3, 0.4) is 0 Å². The maximum absolute atomic E-state index is 6.66. The molecule has 1 aliphatic heterocycles. The molecule has 0 aromatic heterocycles. The lowest BCUT2D eigenvalue weighted by molar-refractivity contribution is 0.215. The summed E-state index contributed by atoms with van der Waals surface area (Å²) >= 11 is 0. The lowest BCUT2D eigenvalue weighted by atomic mass is 9.80. The van der Waals surface area contributed by atoms with Gasteiger partial charge in [0, 0.05) is 12.0 Å². The molecule has 2 N–H and O–H groups in total. The van der Waals surface area contributed by atoms with Gasteiger partial charge in [-0.15, -0.1) is 0 Å². The summed E-state index contributed by atoms with van der Waals surface area (Å²) in [5.74, 6) is 0.934. The molecule has 0 spiro atoms. The summed E-state index contributed by atoms with van der Waals surface area (Å²) in [6.07, 6.45) is 1.71. The Labute approximate surface area is 114 Å². The molecule has 1 unspecified atom stereocenters. The fourth-order valence-corrected chi connectivity index (χ4v) is 2.74. The van der Waals surface area contributed by atoms with Gasteiger partial charge in [-0.2, -0.15) is 0 Å². The molecule has 98 valence electrons. The number of hydrogen-bond acceptors (Lipinski definition) is 2. The molecule has 0 fully saturated rings. The molecule has 1 atom stereocenters. The van der Waals surface area contributed by atoms with Gasteiger partial charge in [0.25, 0.3) is 0 Å². The number of para-hydroxylation sites is 1. The van der Waals surface area contributed by atoms with E-state index in [9.17, 15) is 0 Å². The maximum Gasteiger partial charge on any atom is 0.124 e. The number of rotatable bonds is 2. The van der Waals surface area contributed by atoms with Crippen LogP contribution in [0.4, 0.5) is 0 Å². The van der Waals surface area contributed by atoms with Crippen molar-refractivity contribution in [1.82, 2.24) is 0 Å². The molecule has 0 saturated heterocycles. The van der Waals surface area contributed by atoms with Crippen molar-refractivity contribution in [2.24, 2.45) is 5.73 Å². The molecule has 1 aliphatic rings. The predicted octanol–water partition coefficient (Wildman–Crippen LogP) is 3.17. The average Bonchev–Trinajstić information content (AvgIpc) is 2.42. The van der Waals surface area contributed by atoms with Gasteiger partial charge < -0.3 is 10.5 Å². The number of fused-ring (bicyclic) bond motifs is 1. The second-order valence-electron chi connectivity index (χ2n) is 5.41. The van der Waals surface area contributed by atoms with Crippen molar-refractivity contribution in [2.75, 3.05) is 6.61 Å². The van der Waals surface area contributed by atoms with E-state index in [0.29, 0.717) is 6.61 Å². The zero-order valence-electron chi connectivity index (χ0n) is 11.2. The van der Waals surface area contributed by atoms with Crippen LogP contribution in [0.1, 0.15) is 23.1 Å². The molecule has 1 heterocycles. The van der Waals surface area contributed by atoms with Gasteiger partial charge in [0.05, 0.1) is 12.1 Å². The zero-order valence-corrected chi connectivity index (χ0v) is 11.2. The van der Waals surface area contributed by atoms with Crippen LogP contribution in [-0.4, -0.2) is 6.61 Å². The minimum Gasteiger partial charge on any atom is -0.493 e. The van der Waals surface area contributed by atoms with Crippen LogP contribution in [0.2, 0.25) is 0 Å². The maximum atomic E-state index is 6.66. The Morgan fingerprint density at radius 3 is 2.63 bits per heavy atom. The van der Waals surface area contributed by atoms with Gasteiger partial charge in [-0.05, 0) is 25.0 Å². The highest BCUT2D eigenvalue weighted by Crippen LogP contribution is 2.37. The zero-order chi connectivity index (χ0) is 13.3. The van der Waals surface area contributed by atoms with Gasteiger partial charge in [0.15, 0.2) is 0 Å². The SMILES string of the molecule is Cc1ccc(CC2(N)CCOc3ccccc32)cc1. The molecule has 0 bridgehead atoms. The number of ether oxygens (including phenoxy) is 1. The molecule has 2 nitrogen and oxygen atoms in total. The van der Waals surface area contributed by atoms with Crippen LogP contribution < -0.4 is 10.5 Å². The van der Waals surface area contributed by atoms with Crippen molar-refractivity contribution in [1.29, 1.82) is 0 Å². The van der Waals surface area contributed by atoms with Crippen LogP contribution in [-0.2, 0) is 12.0 Å². The molecule has 0 radical (unpaired) electrons. The number of nitrogens with two attached hydrogens (primary N) is 1. The molecule has 2 heteroatoms. The van der Waals surface area contributed by atoms with E-state index in [-0.39, 0.29) is 5.54 Å². The van der Waals surface area contributed by atoms with E-state index in [1.54, 1.807) is 0 Å². The smallest absolute Gasteiger partial charge is 0.124 e. The number of aryl methyl sites for hydroxylation is 1. The lowest BCUT2D eigenvalue weighted by Gasteiger charge is -2.35. The lowest BCUT2D eigenvalue weighted by Crippen LogP contribution is -2.43. The summed E-state index contributed by atoms with van der Waals surface area (Å²) in [5.41, 5.74) is 10.0. The predicted molar refractivity (Wildman–Crippen MR) is 77.3 cm³/mol. The first-order valence-electron chi connectivity index (χ1n) is 6.74. The van der Waals surface area contributed by atoms with Gasteiger partial charge in [-0.25, -0.2) is 0 Å². The number of hydrogen-bond donors (Lipinski definition) is 1. The van der Waals surface area contributed by atoms with E-state index in [1.807, 2.05) is 18.2 Å². The Hall–Kier alpha value is -1.80. The molecule has 19 heavy (non-hydrogen) atoms. The summed E-state index contributed by atoms with van der Waals surface area (Å²) < 4.78 is 5.70. The number of benzene rings is 2.